The first-order chi connectivity index (χ1) is 9.62. The molecule has 2 nitrogen and oxygen atoms in total. The van der Waals surface area contributed by atoms with Gasteiger partial charge in [-0.25, -0.2) is 0 Å². The largest absolute Gasteiger partial charge is 0.469 e. The number of aromatic amines is 1. The lowest BCUT2D eigenvalue weighted by atomic mass is 9.81. The first-order valence-corrected chi connectivity index (χ1v) is 7.23. The van der Waals surface area contributed by atoms with Crippen molar-refractivity contribution in [2.45, 2.75) is 39.0 Å². The quantitative estimate of drug-likeness (QED) is 0.719. The molecule has 0 spiro atoms. The molecular formula is C18H21NO. The van der Waals surface area contributed by atoms with Crippen molar-refractivity contribution in [3.8, 4) is 0 Å². The number of rotatable bonds is 4. The number of furan rings is 1. The Morgan fingerprint density at radius 3 is 2.70 bits per heavy atom. The molecular weight excluding hydrogens is 246 g/mol. The van der Waals surface area contributed by atoms with Crippen LogP contribution < -0.4 is 0 Å². The highest BCUT2D eigenvalue weighted by Crippen LogP contribution is 2.31. The van der Waals surface area contributed by atoms with Gasteiger partial charge in [0.25, 0.3) is 0 Å². The number of aromatic nitrogens is 1. The molecule has 0 unspecified atom stereocenters. The van der Waals surface area contributed by atoms with Gasteiger partial charge in [-0.3, -0.25) is 0 Å². The maximum atomic E-state index is 5.61. The zero-order chi connectivity index (χ0) is 14.2. The monoisotopic (exact) mass is 267 g/mol. The van der Waals surface area contributed by atoms with Gasteiger partial charge in [0, 0.05) is 17.1 Å². The Balaban J connectivity index is 2.02. The summed E-state index contributed by atoms with van der Waals surface area (Å²) in [5, 5.41) is 1.29. The summed E-state index contributed by atoms with van der Waals surface area (Å²) in [5.41, 5.74) is 4.12. The molecule has 20 heavy (non-hydrogen) atoms. The van der Waals surface area contributed by atoms with Gasteiger partial charge in [0.15, 0.2) is 0 Å². The number of nitrogens with one attached hydrogen (secondary N) is 1. The summed E-state index contributed by atoms with van der Waals surface area (Å²) in [6.45, 7) is 6.70. The maximum absolute atomic E-state index is 5.61. The van der Waals surface area contributed by atoms with Crippen LogP contribution in [0.5, 0.6) is 0 Å². The van der Waals surface area contributed by atoms with Crippen molar-refractivity contribution in [3.05, 3.63) is 59.7 Å². The van der Waals surface area contributed by atoms with E-state index >= 15 is 0 Å². The molecule has 0 aliphatic carbocycles. The van der Waals surface area contributed by atoms with Crippen LogP contribution in [0, 0.1) is 0 Å². The minimum absolute atomic E-state index is 0.00763. The topological polar surface area (TPSA) is 28.9 Å². The second kappa shape index (κ2) is 4.86. The number of aryl methyl sites for hydroxylation is 1. The Bertz CT molecular complexity index is 704. The van der Waals surface area contributed by atoms with E-state index in [0.717, 1.165) is 18.6 Å². The SMILES string of the molecule is CCc1c(CC(C)(C)c2ccco2)ccc2cc[nH]c12. The van der Waals surface area contributed by atoms with Gasteiger partial charge < -0.3 is 9.40 Å². The average Bonchev–Trinajstić information content (AvgIpc) is 3.09. The predicted octanol–water partition coefficient (Wildman–Crippen LogP) is 4.84. The maximum Gasteiger partial charge on any atom is 0.109 e. The van der Waals surface area contributed by atoms with E-state index in [9.17, 15) is 0 Å². The molecule has 2 aromatic heterocycles. The average molecular weight is 267 g/mol. The molecule has 104 valence electrons. The van der Waals surface area contributed by atoms with Gasteiger partial charge in [0.05, 0.1) is 6.26 Å². The van der Waals surface area contributed by atoms with Crippen molar-refractivity contribution in [1.82, 2.24) is 4.98 Å². The lowest BCUT2D eigenvalue weighted by molar-refractivity contribution is 0.382. The van der Waals surface area contributed by atoms with Crippen molar-refractivity contribution in [2.24, 2.45) is 0 Å². The molecule has 0 aliphatic rings. The van der Waals surface area contributed by atoms with Crippen LogP contribution in [0.3, 0.4) is 0 Å². The van der Waals surface area contributed by atoms with Gasteiger partial charge in [-0.2, -0.15) is 0 Å². The van der Waals surface area contributed by atoms with Crippen LogP contribution in [0.2, 0.25) is 0 Å². The Kier molecular flexibility index (Phi) is 3.17. The fraction of sp³-hybridized carbons (Fsp3) is 0.333. The van der Waals surface area contributed by atoms with E-state index in [1.54, 1.807) is 6.26 Å². The standard InChI is InChI=1S/C18H21NO/c1-4-15-14(8-7-13-9-10-19-17(13)15)12-18(2,3)16-6-5-11-20-16/h5-11,19H,4,12H2,1-3H3. The molecule has 0 radical (unpaired) electrons. The summed E-state index contributed by atoms with van der Waals surface area (Å²) in [6, 6.07) is 10.6. The van der Waals surface area contributed by atoms with E-state index in [2.05, 4.69) is 50.0 Å². The van der Waals surface area contributed by atoms with Crippen molar-refractivity contribution < 1.29 is 4.42 Å². The molecule has 0 aliphatic heterocycles. The Hall–Kier alpha value is -1.96. The molecule has 0 saturated heterocycles. The lowest BCUT2D eigenvalue weighted by Crippen LogP contribution is -2.20. The third kappa shape index (κ3) is 2.15. The van der Waals surface area contributed by atoms with E-state index in [4.69, 9.17) is 4.42 Å². The first kappa shape index (κ1) is 13.0. The highest BCUT2D eigenvalue weighted by atomic mass is 16.3. The molecule has 0 amide bonds. The second-order valence-electron chi connectivity index (χ2n) is 6.04. The second-order valence-corrected chi connectivity index (χ2v) is 6.04. The van der Waals surface area contributed by atoms with Crippen LogP contribution in [-0.4, -0.2) is 4.98 Å². The predicted molar refractivity (Wildman–Crippen MR) is 83.1 cm³/mol. The van der Waals surface area contributed by atoms with Gasteiger partial charge in [0.2, 0.25) is 0 Å². The summed E-state index contributed by atoms with van der Waals surface area (Å²) in [7, 11) is 0. The summed E-state index contributed by atoms with van der Waals surface area (Å²) >= 11 is 0. The van der Waals surface area contributed by atoms with Gasteiger partial charge >= 0.3 is 0 Å². The number of fused-ring (bicyclic) bond motifs is 1. The third-order valence-electron chi connectivity index (χ3n) is 4.11. The molecule has 3 aromatic rings. The van der Waals surface area contributed by atoms with Crippen LogP contribution in [0.4, 0.5) is 0 Å². The Labute approximate surface area is 119 Å². The van der Waals surface area contributed by atoms with E-state index in [-0.39, 0.29) is 5.41 Å². The highest BCUT2D eigenvalue weighted by molar-refractivity contribution is 5.83. The molecule has 0 saturated carbocycles. The van der Waals surface area contributed by atoms with Gasteiger partial charge in [-0.1, -0.05) is 32.9 Å². The van der Waals surface area contributed by atoms with E-state index < -0.39 is 0 Å². The van der Waals surface area contributed by atoms with Gasteiger partial charge in [0.1, 0.15) is 5.76 Å². The normalized spacial score (nSPS) is 12.2. The summed E-state index contributed by atoms with van der Waals surface area (Å²) in [6.07, 6.45) is 5.80. The van der Waals surface area contributed by atoms with E-state index in [1.165, 1.54) is 22.0 Å². The van der Waals surface area contributed by atoms with Gasteiger partial charge in [-0.05, 0) is 47.6 Å². The molecule has 0 bridgehead atoms. The summed E-state index contributed by atoms with van der Waals surface area (Å²) in [4.78, 5) is 3.38. The molecule has 0 atom stereocenters. The smallest absolute Gasteiger partial charge is 0.109 e. The van der Waals surface area contributed by atoms with Gasteiger partial charge in [-0.15, -0.1) is 0 Å². The fourth-order valence-corrected chi connectivity index (χ4v) is 3.03. The van der Waals surface area contributed by atoms with Crippen LogP contribution in [0.1, 0.15) is 37.7 Å². The van der Waals surface area contributed by atoms with Crippen LogP contribution in [-0.2, 0) is 18.3 Å². The number of hydrogen-bond donors (Lipinski definition) is 1. The van der Waals surface area contributed by atoms with Crippen LogP contribution >= 0.6 is 0 Å². The zero-order valence-corrected chi connectivity index (χ0v) is 12.4. The van der Waals surface area contributed by atoms with Crippen LogP contribution in [0.15, 0.2) is 47.2 Å². The third-order valence-corrected chi connectivity index (χ3v) is 4.11. The lowest BCUT2D eigenvalue weighted by Gasteiger charge is -2.23. The summed E-state index contributed by atoms with van der Waals surface area (Å²) < 4.78 is 5.61. The van der Waals surface area contributed by atoms with E-state index in [1.807, 2.05) is 12.3 Å². The zero-order valence-electron chi connectivity index (χ0n) is 12.4. The van der Waals surface area contributed by atoms with Crippen molar-refractivity contribution in [1.29, 1.82) is 0 Å². The van der Waals surface area contributed by atoms with Crippen molar-refractivity contribution in [2.75, 3.05) is 0 Å². The fourth-order valence-electron chi connectivity index (χ4n) is 3.03. The number of benzene rings is 1. The number of H-pyrrole nitrogens is 1. The minimum atomic E-state index is 0.00763. The molecule has 1 N–H and O–H groups in total. The highest BCUT2D eigenvalue weighted by Gasteiger charge is 2.25. The van der Waals surface area contributed by atoms with Crippen molar-refractivity contribution >= 4 is 10.9 Å². The van der Waals surface area contributed by atoms with Crippen LogP contribution in [0.25, 0.3) is 10.9 Å². The minimum Gasteiger partial charge on any atom is -0.469 e. The van der Waals surface area contributed by atoms with Crippen molar-refractivity contribution in [3.63, 3.8) is 0 Å². The molecule has 3 rings (SSSR count). The molecule has 0 fully saturated rings. The first-order valence-electron chi connectivity index (χ1n) is 7.23. The molecule has 2 heteroatoms. The van der Waals surface area contributed by atoms with E-state index in [0.29, 0.717) is 0 Å². The molecule has 2 heterocycles. The number of hydrogen-bond acceptors (Lipinski definition) is 1. The Morgan fingerprint density at radius 2 is 2.00 bits per heavy atom. The Morgan fingerprint density at radius 1 is 1.15 bits per heavy atom. The molecule has 1 aromatic carbocycles. The summed E-state index contributed by atoms with van der Waals surface area (Å²) in [5.74, 6) is 1.05.